The molecule has 128 valence electrons. The third kappa shape index (κ3) is 3.20. The molecule has 0 spiro atoms. The first kappa shape index (κ1) is 15.6. The maximum absolute atomic E-state index is 14.3. The van der Waals surface area contributed by atoms with Crippen molar-refractivity contribution in [1.82, 2.24) is 14.7 Å². The lowest BCUT2D eigenvalue weighted by atomic mass is 10.1. The smallest absolute Gasteiger partial charge is 0.251 e. The number of fused-ring (bicyclic) bond motifs is 1. The van der Waals surface area contributed by atoms with Crippen LogP contribution in [0.5, 0.6) is 0 Å². The third-order valence-corrected chi connectivity index (χ3v) is 4.50. The number of rotatable bonds is 4. The normalized spacial score (nSPS) is 14.2. The highest BCUT2D eigenvalue weighted by molar-refractivity contribution is 5.94. The van der Waals surface area contributed by atoms with Crippen LogP contribution in [-0.2, 0) is 6.54 Å². The summed E-state index contributed by atoms with van der Waals surface area (Å²) in [6, 6.07) is 10.4. The first-order chi connectivity index (χ1) is 12.2. The van der Waals surface area contributed by atoms with E-state index in [0.717, 1.165) is 37.3 Å². The number of anilines is 1. The molecule has 25 heavy (non-hydrogen) atoms. The minimum atomic E-state index is -0.345. The van der Waals surface area contributed by atoms with Gasteiger partial charge in [-0.25, -0.2) is 9.37 Å². The van der Waals surface area contributed by atoms with Crippen molar-refractivity contribution in [2.45, 2.75) is 19.4 Å². The zero-order chi connectivity index (χ0) is 17.2. The number of hydrogen-bond acceptors (Lipinski definition) is 3. The molecule has 1 aliphatic heterocycles. The number of halogens is 1. The molecule has 4 rings (SSSR count). The van der Waals surface area contributed by atoms with E-state index >= 15 is 0 Å². The fourth-order valence-electron chi connectivity index (χ4n) is 3.21. The summed E-state index contributed by atoms with van der Waals surface area (Å²) >= 11 is 0. The predicted molar refractivity (Wildman–Crippen MR) is 94.2 cm³/mol. The SMILES string of the molecule is O=C(NCc1cn2ccccc2n1)c1ccc(N2CCCC2)c(F)c1. The van der Waals surface area contributed by atoms with Crippen molar-refractivity contribution < 1.29 is 9.18 Å². The Morgan fingerprint density at radius 3 is 2.80 bits per heavy atom. The average Bonchev–Trinajstić information content (AvgIpc) is 3.28. The van der Waals surface area contributed by atoms with Crippen LogP contribution in [0.3, 0.4) is 0 Å². The van der Waals surface area contributed by atoms with E-state index in [1.807, 2.05) is 39.9 Å². The number of imidazole rings is 1. The summed E-state index contributed by atoms with van der Waals surface area (Å²) in [5, 5.41) is 2.80. The summed E-state index contributed by atoms with van der Waals surface area (Å²) in [7, 11) is 0. The molecular formula is C19H19FN4O. The van der Waals surface area contributed by atoms with Crippen LogP contribution in [0.4, 0.5) is 10.1 Å². The van der Waals surface area contributed by atoms with Crippen molar-refractivity contribution in [3.8, 4) is 0 Å². The summed E-state index contributed by atoms with van der Waals surface area (Å²) in [5.74, 6) is -0.647. The Morgan fingerprint density at radius 1 is 1.20 bits per heavy atom. The number of aromatic nitrogens is 2. The number of pyridine rings is 1. The van der Waals surface area contributed by atoms with Gasteiger partial charge in [-0.05, 0) is 43.2 Å². The van der Waals surface area contributed by atoms with Crippen LogP contribution in [0, 0.1) is 5.82 Å². The molecule has 0 atom stereocenters. The van der Waals surface area contributed by atoms with E-state index in [0.29, 0.717) is 17.8 Å². The molecule has 3 heterocycles. The van der Waals surface area contributed by atoms with Crippen LogP contribution in [0.25, 0.3) is 5.65 Å². The molecule has 1 fully saturated rings. The lowest BCUT2D eigenvalue weighted by Gasteiger charge is -2.18. The molecule has 6 heteroatoms. The van der Waals surface area contributed by atoms with Gasteiger partial charge in [-0.2, -0.15) is 0 Å². The van der Waals surface area contributed by atoms with Crippen molar-refractivity contribution in [2.24, 2.45) is 0 Å². The lowest BCUT2D eigenvalue weighted by molar-refractivity contribution is 0.0950. The van der Waals surface area contributed by atoms with Crippen LogP contribution in [0.15, 0.2) is 48.8 Å². The molecule has 2 aromatic heterocycles. The highest BCUT2D eigenvalue weighted by atomic mass is 19.1. The van der Waals surface area contributed by atoms with E-state index in [-0.39, 0.29) is 11.7 Å². The fourth-order valence-corrected chi connectivity index (χ4v) is 3.21. The van der Waals surface area contributed by atoms with Crippen LogP contribution < -0.4 is 10.2 Å². The number of amides is 1. The highest BCUT2D eigenvalue weighted by Crippen LogP contribution is 2.24. The minimum absolute atomic E-state index is 0.302. The zero-order valence-corrected chi connectivity index (χ0v) is 13.8. The van der Waals surface area contributed by atoms with Gasteiger partial charge in [0.15, 0.2) is 0 Å². The molecular weight excluding hydrogens is 319 g/mol. The summed E-state index contributed by atoms with van der Waals surface area (Å²) in [6.45, 7) is 2.04. The van der Waals surface area contributed by atoms with Gasteiger partial charge in [0.05, 0.1) is 17.9 Å². The summed E-state index contributed by atoms with van der Waals surface area (Å²) in [6.07, 6.45) is 5.94. The van der Waals surface area contributed by atoms with E-state index in [4.69, 9.17) is 0 Å². The minimum Gasteiger partial charge on any atom is -0.369 e. The number of carbonyl (C=O) groups is 1. The number of carbonyl (C=O) groups excluding carboxylic acids is 1. The first-order valence-corrected chi connectivity index (χ1v) is 8.46. The molecule has 0 radical (unpaired) electrons. The summed E-state index contributed by atoms with van der Waals surface area (Å²) in [4.78, 5) is 18.7. The van der Waals surface area contributed by atoms with Crippen LogP contribution >= 0.6 is 0 Å². The zero-order valence-electron chi connectivity index (χ0n) is 13.8. The Kier molecular flexibility index (Phi) is 4.09. The highest BCUT2D eigenvalue weighted by Gasteiger charge is 2.17. The molecule has 0 bridgehead atoms. The van der Waals surface area contributed by atoms with Gasteiger partial charge in [0.25, 0.3) is 5.91 Å². The van der Waals surface area contributed by atoms with Crippen molar-refractivity contribution >= 4 is 17.2 Å². The molecule has 3 aromatic rings. The van der Waals surface area contributed by atoms with E-state index in [9.17, 15) is 9.18 Å². The number of hydrogen-bond donors (Lipinski definition) is 1. The molecule has 1 aromatic carbocycles. The molecule has 1 amide bonds. The first-order valence-electron chi connectivity index (χ1n) is 8.46. The summed E-state index contributed by atoms with van der Waals surface area (Å²) in [5.41, 5.74) is 2.49. The standard InChI is InChI=1S/C19H19FN4O/c20-16-11-14(6-7-17(16)23-8-3-4-9-23)19(25)21-12-15-13-24-10-2-1-5-18(24)22-15/h1-2,5-7,10-11,13H,3-4,8-9,12H2,(H,21,25). The van der Waals surface area contributed by atoms with Gasteiger partial charge in [0.2, 0.25) is 0 Å². The Hall–Kier alpha value is -2.89. The second kappa shape index (κ2) is 6.55. The molecule has 1 aliphatic rings. The van der Waals surface area contributed by atoms with E-state index in [1.54, 1.807) is 12.1 Å². The fraction of sp³-hybridized carbons (Fsp3) is 0.263. The summed E-state index contributed by atoms with van der Waals surface area (Å²) < 4.78 is 16.2. The Morgan fingerprint density at radius 2 is 2.04 bits per heavy atom. The topological polar surface area (TPSA) is 49.6 Å². The van der Waals surface area contributed by atoms with Crippen LogP contribution in [0.2, 0.25) is 0 Å². The number of benzene rings is 1. The van der Waals surface area contributed by atoms with Gasteiger partial charge in [0, 0.05) is 31.0 Å². The van der Waals surface area contributed by atoms with Crippen molar-refractivity contribution in [1.29, 1.82) is 0 Å². The number of nitrogens with one attached hydrogen (secondary N) is 1. The Balaban J connectivity index is 1.44. The third-order valence-electron chi connectivity index (χ3n) is 4.50. The van der Waals surface area contributed by atoms with Gasteiger partial charge in [-0.1, -0.05) is 6.07 Å². The van der Waals surface area contributed by atoms with Crippen molar-refractivity contribution in [2.75, 3.05) is 18.0 Å². The van der Waals surface area contributed by atoms with Crippen LogP contribution in [-0.4, -0.2) is 28.4 Å². The van der Waals surface area contributed by atoms with Gasteiger partial charge < -0.3 is 14.6 Å². The second-order valence-electron chi connectivity index (χ2n) is 6.24. The molecule has 1 N–H and O–H groups in total. The molecule has 1 saturated heterocycles. The largest absolute Gasteiger partial charge is 0.369 e. The molecule has 0 saturated carbocycles. The van der Waals surface area contributed by atoms with Gasteiger partial charge in [0.1, 0.15) is 11.5 Å². The van der Waals surface area contributed by atoms with E-state index in [1.165, 1.54) is 6.07 Å². The van der Waals surface area contributed by atoms with Gasteiger partial charge >= 0.3 is 0 Å². The second-order valence-corrected chi connectivity index (χ2v) is 6.24. The Bertz CT molecular complexity index is 882. The molecule has 5 nitrogen and oxygen atoms in total. The average molecular weight is 338 g/mol. The lowest BCUT2D eigenvalue weighted by Crippen LogP contribution is -2.24. The monoisotopic (exact) mass is 338 g/mol. The van der Waals surface area contributed by atoms with Crippen molar-refractivity contribution in [3.05, 3.63) is 65.9 Å². The quantitative estimate of drug-likeness (QED) is 0.796. The maximum atomic E-state index is 14.3. The van der Waals surface area contributed by atoms with Crippen molar-refractivity contribution in [3.63, 3.8) is 0 Å². The molecule has 0 aliphatic carbocycles. The predicted octanol–water partition coefficient (Wildman–Crippen LogP) is 3.00. The maximum Gasteiger partial charge on any atom is 0.251 e. The van der Waals surface area contributed by atoms with Gasteiger partial charge in [-0.3, -0.25) is 4.79 Å². The van der Waals surface area contributed by atoms with Gasteiger partial charge in [-0.15, -0.1) is 0 Å². The van der Waals surface area contributed by atoms with E-state index < -0.39 is 0 Å². The number of nitrogens with zero attached hydrogens (tertiary/aromatic N) is 3. The molecule has 0 unspecified atom stereocenters. The van der Waals surface area contributed by atoms with E-state index in [2.05, 4.69) is 10.3 Å². The van der Waals surface area contributed by atoms with Crippen LogP contribution in [0.1, 0.15) is 28.9 Å². The Labute approximate surface area is 145 Å².